The molecule has 30 heavy (non-hydrogen) atoms. The highest BCUT2D eigenvalue weighted by Gasteiger charge is 2.24. The fourth-order valence-corrected chi connectivity index (χ4v) is 3.68. The largest absolute Gasteiger partial charge is 0.497 e. The number of aromatic nitrogens is 2. The van der Waals surface area contributed by atoms with Gasteiger partial charge in [-0.1, -0.05) is 23.4 Å². The molecule has 4 rings (SSSR count). The fourth-order valence-electron chi connectivity index (χ4n) is 3.68. The molecule has 1 aliphatic rings. The lowest BCUT2D eigenvalue weighted by atomic mass is 10.0. The maximum absolute atomic E-state index is 12.7. The number of ether oxygens (including phenoxy) is 1. The number of nitrogens with one attached hydrogen (secondary N) is 1. The first kappa shape index (κ1) is 19.9. The van der Waals surface area contributed by atoms with Crippen LogP contribution in [0, 0.1) is 0 Å². The number of methoxy groups -OCH3 is 1. The summed E-state index contributed by atoms with van der Waals surface area (Å²) in [6.45, 7) is 1.52. The van der Waals surface area contributed by atoms with Crippen molar-refractivity contribution in [2.24, 2.45) is 0 Å². The summed E-state index contributed by atoms with van der Waals surface area (Å²) in [6.07, 6.45) is 2.86. The molecule has 1 aromatic heterocycles. The number of aryl methyl sites for hydroxylation is 1. The van der Waals surface area contributed by atoms with E-state index < -0.39 is 0 Å². The van der Waals surface area contributed by atoms with Gasteiger partial charge < -0.3 is 19.5 Å². The molecule has 2 aromatic carbocycles. The second-order valence-corrected chi connectivity index (χ2v) is 7.43. The van der Waals surface area contributed by atoms with Crippen molar-refractivity contribution in [3.05, 3.63) is 60.5 Å². The first-order valence-electron chi connectivity index (χ1n) is 10.3. The Morgan fingerprint density at radius 3 is 2.77 bits per heavy atom. The van der Waals surface area contributed by atoms with Crippen LogP contribution in [-0.2, 0) is 11.2 Å². The predicted molar refractivity (Wildman–Crippen MR) is 114 cm³/mol. The van der Waals surface area contributed by atoms with Crippen LogP contribution in [-0.4, -0.2) is 47.2 Å². The Kier molecular flexibility index (Phi) is 6.27. The number of anilines is 1. The molecule has 1 atom stereocenters. The van der Waals surface area contributed by atoms with E-state index in [1.54, 1.807) is 7.11 Å². The zero-order chi connectivity index (χ0) is 20.8. The predicted octanol–water partition coefficient (Wildman–Crippen LogP) is 3.78. The lowest BCUT2D eigenvalue weighted by Crippen LogP contribution is -2.45. The number of likely N-dealkylation sites (tertiary alicyclic amines) is 1. The summed E-state index contributed by atoms with van der Waals surface area (Å²) >= 11 is 0. The molecule has 1 amide bonds. The van der Waals surface area contributed by atoms with Gasteiger partial charge in [0.1, 0.15) is 5.75 Å². The summed E-state index contributed by atoms with van der Waals surface area (Å²) in [7, 11) is 1.63. The average Bonchev–Trinajstić information content (AvgIpc) is 3.27. The van der Waals surface area contributed by atoms with Crippen LogP contribution in [0.1, 0.15) is 25.2 Å². The highest BCUT2D eigenvalue weighted by Crippen LogP contribution is 2.21. The molecule has 1 N–H and O–H groups in total. The van der Waals surface area contributed by atoms with Crippen molar-refractivity contribution < 1.29 is 14.1 Å². The van der Waals surface area contributed by atoms with E-state index in [0.29, 0.717) is 31.1 Å². The molecular formula is C23H26N4O3. The highest BCUT2D eigenvalue weighted by atomic mass is 16.5. The maximum Gasteiger partial charge on any atom is 0.227 e. The van der Waals surface area contributed by atoms with Gasteiger partial charge in [-0.15, -0.1) is 0 Å². The third kappa shape index (κ3) is 4.97. The number of hydrogen-bond acceptors (Lipinski definition) is 6. The SMILES string of the molecule is COc1ccc(-c2noc(CCC(=O)N3CCC[C@H](Nc4ccccc4)C3)n2)cc1. The molecule has 0 bridgehead atoms. The van der Waals surface area contributed by atoms with Crippen molar-refractivity contribution in [1.29, 1.82) is 0 Å². The Labute approximate surface area is 176 Å². The third-order valence-corrected chi connectivity index (χ3v) is 5.29. The second kappa shape index (κ2) is 9.43. The number of nitrogens with zero attached hydrogens (tertiary/aromatic N) is 3. The van der Waals surface area contributed by atoms with Crippen LogP contribution in [0.4, 0.5) is 5.69 Å². The summed E-state index contributed by atoms with van der Waals surface area (Å²) in [5.41, 5.74) is 1.94. The Hall–Kier alpha value is -3.35. The van der Waals surface area contributed by atoms with Crippen LogP contribution in [0.15, 0.2) is 59.1 Å². The normalized spacial score (nSPS) is 16.3. The van der Waals surface area contributed by atoms with Gasteiger partial charge in [-0.3, -0.25) is 4.79 Å². The van der Waals surface area contributed by atoms with Crippen molar-refractivity contribution >= 4 is 11.6 Å². The quantitative estimate of drug-likeness (QED) is 0.643. The monoisotopic (exact) mass is 406 g/mol. The van der Waals surface area contributed by atoms with E-state index in [9.17, 15) is 4.79 Å². The molecule has 0 aliphatic carbocycles. The van der Waals surface area contributed by atoms with Crippen LogP contribution in [0.5, 0.6) is 5.75 Å². The number of benzene rings is 2. The van der Waals surface area contributed by atoms with E-state index in [1.165, 1.54) is 0 Å². The van der Waals surface area contributed by atoms with Gasteiger partial charge in [0.15, 0.2) is 0 Å². The summed E-state index contributed by atoms with van der Waals surface area (Å²) in [5.74, 6) is 1.89. The van der Waals surface area contributed by atoms with Crippen LogP contribution in [0.25, 0.3) is 11.4 Å². The molecule has 3 aromatic rings. The Balaban J connectivity index is 1.29. The van der Waals surface area contributed by atoms with E-state index in [1.807, 2.05) is 47.4 Å². The molecule has 0 radical (unpaired) electrons. The Bertz CT molecular complexity index is 956. The van der Waals surface area contributed by atoms with Gasteiger partial charge in [0, 0.05) is 43.2 Å². The minimum Gasteiger partial charge on any atom is -0.497 e. The molecule has 0 unspecified atom stereocenters. The van der Waals surface area contributed by atoms with Gasteiger partial charge in [0.25, 0.3) is 0 Å². The fraction of sp³-hybridized carbons (Fsp3) is 0.348. The second-order valence-electron chi connectivity index (χ2n) is 7.43. The van der Waals surface area contributed by atoms with E-state index in [2.05, 4.69) is 27.6 Å². The lowest BCUT2D eigenvalue weighted by Gasteiger charge is -2.33. The number of piperidine rings is 1. The molecule has 1 aliphatic heterocycles. The van der Waals surface area contributed by atoms with Gasteiger partial charge >= 0.3 is 0 Å². The van der Waals surface area contributed by atoms with Crippen molar-refractivity contribution in [2.45, 2.75) is 31.7 Å². The first-order valence-corrected chi connectivity index (χ1v) is 10.3. The van der Waals surface area contributed by atoms with Gasteiger partial charge in [-0.2, -0.15) is 4.98 Å². The summed E-state index contributed by atoms with van der Waals surface area (Å²) in [4.78, 5) is 19.1. The minimum absolute atomic E-state index is 0.124. The van der Waals surface area contributed by atoms with E-state index >= 15 is 0 Å². The van der Waals surface area contributed by atoms with Crippen LogP contribution in [0.2, 0.25) is 0 Å². The van der Waals surface area contributed by atoms with Gasteiger partial charge in [0.05, 0.1) is 7.11 Å². The zero-order valence-corrected chi connectivity index (χ0v) is 17.1. The lowest BCUT2D eigenvalue weighted by molar-refractivity contribution is -0.132. The molecule has 7 heteroatoms. The molecule has 1 saturated heterocycles. The van der Waals surface area contributed by atoms with E-state index in [4.69, 9.17) is 9.26 Å². The standard InChI is InChI=1S/C23H26N4O3/c1-29-20-11-9-17(10-12-20)23-25-21(30-26-23)13-14-22(28)27-15-5-8-19(16-27)24-18-6-3-2-4-7-18/h2-4,6-7,9-12,19,24H,5,8,13-16H2,1H3/t19-/m0/s1. The van der Waals surface area contributed by atoms with E-state index in [0.717, 1.165) is 36.4 Å². The van der Waals surface area contributed by atoms with Crippen molar-refractivity contribution in [1.82, 2.24) is 15.0 Å². The van der Waals surface area contributed by atoms with Gasteiger partial charge in [0.2, 0.25) is 17.6 Å². The zero-order valence-electron chi connectivity index (χ0n) is 17.1. The van der Waals surface area contributed by atoms with Crippen molar-refractivity contribution in [3.8, 4) is 17.1 Å². The molecule has 156 valence electrons. The summed E-state index contributed by atoms with van der Waals surface area (Å²) in [6, 6.07) is 17.9. The maximum atomic E-state index is 12.7. The van der Waals surface area contributed by atoms with Crippen molar-refractivity contribution in [2.75, 3.05) is 25.5 Å². The average molecular weight is 406 g/mol. The number of rotatable bonds is 7. The Morgan fingerprint density at radius 1 is 1.20 bits per heavy atom. The number of para-hydroxylation sites is 1. The smallest absolute Gasteiger partial charge is 0.227 e. The first-order chi connectivity index (χ1) is 14.7. The summed E-state index contributed by atoms with van der Waals surface area (Å²) < 4.78 is 10.5. The number of hydrogen-bond donors (Lipinski definition) is 1. The number of carbonyl (C=O) groups is 1. The topological polar surface area (TPSA) is 80.5 Å². The van der Waals surface area contributed by atoms with Crippen LogP contribution in [0.3, 0.4) is 0 Å². The molecule has 2 heterocycles. The molecule has 1 fully saturated rings. The van der Waals surface area contributed by atoms with Crippen molar-refractivity contribution in [3.63, 3.8) is 0 Å². The van der Waals surface area contributed by atoms with Crippen LogP contribution >= 0.6 is 0 Å². The minimum atomic E-state index is 0.124. The number of amides is 1. The molecule has 0 spiro atoms. The van der Waals surface area contributed by atoms with Gasteiger partial charge in [-0.25, -0.2) is 0 Å². The van der Waals surface area contributed by atoms with E-state index in [-0.39, 0.29) is 11.9 Å². The molecule has 0 saturated carbocycles. The highest BCUT2D eigenvalue weighted by molar-refractivity contribution is 5.76. The number of carbonyl (C=O) groups excluding carboxylic acids is 1. The van der Waals surface area contributed by atoms with Gasteiger partial charge in [-0.05, 0) is 49.2 Å². The summed E-state index contributed by atoms with van der Waals surface area (Å²) in [5, 5.41) is 7.55. The third-order valence-electron chi connectivity index (χ3n) is 5.29. The Morgan fingerprint density at radius 2 is 2.00 bits per heavy atom. The molecule has 7 nitrogen and oxygen atoms in total. The van der Waals surface area contributed by atoms with Crippen LogP contribution < -0.4 is 10.1 Å². The molecular weight excluding hydrogens is 380 g/mol.